The summed E-state index contributed by atoms with van der Waals surface area (Å²) < 4.78 is 4.86. The molecule has 0 fully saturated rings. The fourth-order valence-corrected chi connectivity index (χ4v) is 1.51. The fraction of sp³-hybridized carbons (Fsp3) is 0.538. The van der Waals surface area contributed by atoms with Crippen LogP contribution in [0.3, 0.4) is 0 Å². The molecule has 0 amide bonds. The molecule has 1 aromatic heterocycles. The second-order valence-electron chi connectivity index (χ2n) is 4.46. The molecule has 0 aliphatic carbocycles. The summed E-state index contributed by atoms with van der Waals surface area (Å²) in [6.45, 7) is 6.04. The number of hydrogen-bond acceptors (Lipinski definition) is 5. The number of pyridine rings is 1. The van der Waals surface area contributed by atoms with Gasteiger partial charge in [-0.3, -0.25) is 15.1 Å². The fourth-order valence-electron chi connectivity index (χ4n) is 1.51. The molecule has 0 saturated heterocycles. The van der Waals surface area contributed by atoms with Crippen molar-refractivity contribution in [3.63, 3.8) is 0 Å². The van der Waals surface area contributed by atoms with Crippen LogP contribution in [0.1, 0.15) is 32.2 Å². The van der Waals surface area contributed by atoms with E-state index in [0.29, 0.717) is 12.3 Å². The lowest BCUT2D eigenvalue weighted by atomic mass is 9.99. The first-order chi connectivity index (χ1) is 8.49. The van der Waals surface area contributed by atoms with Gasteiger partial charge in [-0.1, -0.05) is 6.07 Å². The second-order valence-corrected chi connectivity index (χ2v) is 4.46. The van der Waals surface area contributed by atoms with Gasteiger partial charge in [0.2, 0.25) is 0 Å². The van der Waals surface area contributed by atoms with Crippen molar-refractivity contribution in [3.8, 4) is 0 Å². The maximum Gasteiger partial charge on any atom is 0.319 e. The minimum Gasteiger partial charge on any atom is -0.465 e. The number of aromatic nitrogens is 1. The normalized spacial score (nSPS) is 11.3. The number of aliphatic hydroxyl groups excluding tert-OH is 1. The lowest BCUT2D eigenvalue weighted by Crippen LogP contribution is -2.41. The van der Waals surface area contributed by atoms with Gasteiger partial charge in [0.05, 0.1) is 36.7 Å². The molecule has 0 atom stereocenters. The van der Waals surface area contributed by atoms with E-state index in [2.05, 4.69) is 10.3 Å². The zero-order chi connectivity index (χ0) is 13.6. The van der Waals surface area contributed by atoms with Gasteiger partial charge in [-0.15, -0.1) is 0 Å². The predicted octanol–water partition coefficient (Wildman–Crippen LogP) is 0.962. The van der Waals surface area contributed by atoms with Crippen molar-refractivity contribution in [2.75, 3.05) is 13.2 Å². The first-order valence-electron chi connectivity index (χ1n) is 5.97. The van der Waals surface area contributed by atoms with E-state index >= 15 is 0 Å². The van der Waals surface area contributed by atoms with Gasteiger partial charge in [0.15, 0.2) is 0 Å². The highest BCUT2D eigenvalue weighted by molar-refractivity contribution is 5.71. The van der Waals surface area contributed by atoms with Crippen molar-refractivity contribution in [3.05, 3.63) is 29.6 Å². The van der Waals surface area contributed by atoms with Gasteiger partial charge in [0.25, 0.3) is 0 Å². The van der Waals surface area contributed by atoms with Crippen molar-refractivity contribution in [1.29, 1.82) is 0 Å². The number of esters is 1. The average Bonchev–Trinajstić information content (AvgIpc) is 2.37. The third kappa shape index (κ3) is 4.09. The molecule has 0 aliphatic heterocycles. The SMILES string of the molecule is CCOC(=O)CNC(C)(C)c1cccc(CO)n1. The first kappa shape index (κ1) is 14.6. The quantitative estimate of drug-likeness (QED) is 0.738. The number of nitrogens with zero attached hydrogens (tertiary/aromatic N) is 1. The molecule has 0 radical (unpaired) electrons. The number of rotatable bonds is 6. The standard InChI is InChI=1S/C13H20N2O3/c1-4-18-12(17)8-14-13(2,3)11-7-5-6-10(9-16)15-11/h5-7,14,16H,4,8-9H2,1-3H3. The van der Waals surface area contributed by atoms with Crippen LogP contribution in [0.2, 0.25) is 0 Å². The molecule has 1 heterocycles. The average molecular weight is 252 g/mol. The smallest absolute Gasteiger partial charge is 0.319 e. The van der Waals surface area contributed by atoms with E-state index in [1.807, 2.05) is 26.0 Å². The third-order valence-corrected chi connectivity index (χ3v) is 2.59. The molecule has 0 unspecified atom stereocenters. The van der Waals surface area contributed by atoms with Gasteiger partial charge in [0, 0.05) is 0 Å². The molecule has 100 valence electrons. The number of nitrogens with one attached hydrogen (secondary N) is 1. The Hall–Kier alpha value is -1.46. The highest BCUT2D eigenvalue weighted by atomic mass is 16.5. The molecule has 0 aliphatic rings. The van der Waals surface area contributed by atoms with Crippen LogP contribution in [0.25, 0.3) is 0 Å². The molecule has 2 N–H and O–H groups in total. The van der Waals surface area contributed by atoms with E-state index in [1.165, 1.54) is 0 Å². The van der Waals surface area contributed by atoms with Crippen molar-refractivity contribution in [2.24, 2.45) is 0 Å². The van der Waals surface area contributed by atoms with Crippen LogP contribution < -0.4 is 5.32 Å². The highest BCUT2D eigenvalue weighted by Crippen LogP contribution is 2.17. The molecule has 5 heteroatoms. The Morgan fingerprint density at radius 1 is 1.50 bits per heavy atom. The summed E-state index contributed by atoms with van der Waals surface area (Å²) in [6.07, 6.45) is 0. The van der Waals surface area contributed by atoms with Crippen LogP contribution >= 0.6 is 0 Å². The Morgan fingerprint density at radius 3 is 2.83 bits per heavy atom. The lowest BCUT2D eigenvalue weighted by molar-refractivity contribution is -0.142. The Morgan fingerprint density at radius 2 is 2.22 bits per heavy atom. The highest BCUT2D eigenvalue weighted by Gasteiger charge is 2.22. The Bertz CT molecular complexity index is 405. The summed E-state index contributed by atoms with van der Waals surface area (Å²) in [5, 5.41) is 12.2. The summed E-state index contributed by atoms with van der Waals surface area (Å²) in [7, 11) is 0. The van der Waals surface area contributed by atoms with Crippen LogP contribution in [-0.2, 0) is 21.7 Å². The van der Waals surface area contributed by atoms with Crippen molar-refractivity contribution < 1.29 is 14.6 Å². The number of hydrogen-bond donors (Lipinski definition) is 2. The molecular formula is C13H20N2O3. The van der Waals surface area contributed by atoms with Gasteiger partial charge in [0.1, 0.15) is 0 Å². The third-order valence-electron chi connectivity index (χ3n) is 2.59. The van der Waals surface area contributed by atoms with Gasteiger partial charge < -0.3 is 9.84 Å². The Kier molecular flexibility index (Phi) is 5.25. The molecule has 0 bridgehead atoms. The molecule has 0 aromatic carbocycles. The van der Waals surface area contributed by atoms with Crippen LogP contribution in [0.5, 0.6) is 0 Å². The van der Waals surface area contributed by atoms with E-state index < -0.39 is 5.54 Å². The molecule has 1 aromatic rings. The Labute approximate surface area is 107 Å². The van der Waals surface area contributed by atoms with E-state index in [9.17, 15) is 4.79 Å². The minimum absolute atomic E-state index is 0.0954. The maximum atomic E-state index is 11.3. The van der Waals surface area contributed by atoms with Crippen LogP contribution in [0, 0.1) is 0 Å². The first-order valence-corrected chi connectivity index (χ1v) is 5.97. The van der Waals surface area contributed by atoms with Gasteiger partial charge in [-0.25, -0.2) is 0 Å². The summed E-state index contributed by atoms with van der Waals surface area (Å²) in [5.41, 5.74) is 0.926. The number of carbonyl (C=O) groups excluding carboxylic acids is 1. The minimum atomic E-state index is -0.460. The second kappa shape index (κ2) is 6.47. The molecule has 5 nitrogen and oxygen atoms in total. The monoisotopic (exact) mass is 252 g/mol. The van der Waals surface area contributed by atoms with E-state index in [4.69, 9.17) is 9.84 Å². The molecule has 0 saturated carbocycles. The van der Waals surface area contributed by atoms with Crippen LogP contribution in [-0.4, -0.2) is 29.2 Å². The van der Waals surface area contributed by atoms with Crippen LogP contribution in [0.15, 0.2) is 18.2 Å². The lowest BCUT2D eigenvalue weighted by Gasteiger charge is -2.25. The predicted molar refractivity (Wildman–Crippen MR) is 67.8 cm³/mol. The number of aliphatic hydroxyl groups is 1. The Balaban J connectivity index is 2.69. The number of carbonyl (C=O) groups is 1. The molecule has 0 spiro atoms. The van der Waals surface area contributed by atoms with Gasteiger partial charge >= 0.3 is 5.97 Å². The van der Waals surface area contributed by atoms with Crippen molar-refractivity contribution in [2.45, 2.75) is 32.9 Å². The van der Waals surface area contributed by atoms with Crippen molar-refractivity contribution >= 4 is 5.97 Å². The van der Waals surface area contributed by atoms with Gasteiger partial charge in [-0.2, -0.15) is 0 Å². The number of ether oxygens (including phenoxy) is 1. The van der Waals surface area contributed by atoms with E-state index in [1.54, 1.807) is 13.0 Å². The van der Waals surface area contributed by atoms with E-state index in [-0.39, 0.29) is 19.1 Å². The summed E-state index contributed by atoms with van der Waals surface area (Å²) in [5.74, 6) is -0.288. The topological polar surface area (TPSA) is 71.5 Å². The summed E-state index contributed by atoms with van der Waals surface area (Å²) in [6, 6.07) is 5.45. The largest absolute Gasteiger partial charge is 0.465 e. The van der Waals surface area contributed by atoms with Crippen molar-refractivity contribution in [1.82, 2.24) is 10.3 Å². The summed E-state index contributed by atoms with van der Waals surface area (Å²) >= 11 is 0. The zero-order valence-electron chi connectivity index (χ0n) is 11.1. The maximum absolute atomic E-state index is 11.3. The molecule has 18 heavy (non-hydrogen) atoms. The molecular weight excluding hydrogens is 232 g/mol. The van der Waals surface area contributed by atoms with Gasteiger partial charge in [-0.05, 0) is 32.9 Å². The molecule has 1 rings (SSSR count). The van der Waals surface area contributed by atoms with E-state index in [0.717, 1.165) is 5.69 Å². The summed E-state index contributed by atoms with van der Waals surface area (Å²) in [4.78, 5) is 15.6. The van der Waals surface area contributed by atoms with Crippen LogP contribution in [0.4, 0.5) is 0 Å². The zero-order valence-corrected chi connectivity index (χ0v) is 11.1.